The minimum absolute atomic E-state index is 0. The van der Waals surface area contributed by atoms with Gasteiger partial charge >= 0.3 is 0 Å². The summed E-state index contributed by atoms with van der Waals surface area (Å²) in [7, 11) is 0. The van der Waals surface area contributed by atoms with Crippen LogP contribution in [0.3, 0.4) is 0 Å². The molecule has 0 fully saturated rings. The highest BCUT2D eigenvalue weighted by Gasteiger charge is 2.12. The molecule has 146 valence electrons. The van der Waals surface area contributed by atoms with Crippen molar-refractivity contribution in [3.63, 3.8) is 0 Å². The minimum atomic E-state index is -0.176. The first-order valence-electron chi connectivity index (χ1n) is 8.82. The molecule has 2 N–H and O–H groups in total. The van der Waals surface area contributed by atoms with Crippen molar-refractivity contribution < 1.29 is 0 Å². The summed E-state index contributed by atoms with van der Waals surface area (Å²) in [5, 5.41) is 5.64. The van der Waals surface area contributed by atoms with Crippen molar-refractivity contribution in [2.24, 2.45) is 0 Å². The SMILES string of the molecule is Cl.O=c1[nH]c(CSc2nc3ccccc3[nH]2)nc2c1cnn2Cc1ccccc1. The number of hydrogen-bond donors (Lipinski definition) is 2. The fourth-order valence-corrected chi connectivity index (χ4v) is 3.84. The van der Waals surface area contributed by atoms with Gasteiger partial charge in [0.1, 0.15) is 11.2 Å². The first-order valence-corrected chi connectivity index (χ1v) is 9.81. The molecule has 0 aliphatic rings. The number of imidazole rings is 1. The van der Waals surface area contributed by atoms with Crippen molar-refractivity contribution in [1.29, 1.82) is 0 Å². The van der Waals surface area contributed by atoms with Gasteiger partial charge in [-0.1, -0.05) is 54.2 Å². The molecule has 0 bridgehead atoms. The van der Waals surface area contributed by atoms with Crippen LogP contribution in [-0.4, -0.2) is 29.7 Å². The second-order valence-electron chi connectivity index (χ2n) is 6.39. The molecule has 5 aromatic rings. The summed E-state index contributed by atoms with van der Waals surface area (Å²) >= 11 is 1.50. The quantitative estimate of drug-likeness (QED) is 0.419. The van der Waals surface area contributed by atoms with Crippen molar-refractivity contribution in [3.05, 3.63) is 82.5 Å². The van der Waals surface area contributed by atoms with E-state index in [1.54, 1.807) is 10.9 Å². The Morgan fingerprint density at radius 1 is 0.966 bits per heavy atom. The fraction of sp³-hybridized carbons (Fsp3) is 0.100. The Bertz CT molecular complexity index is 1290. The van der Waals surface area contributed by atoms with Crippen molar-refractivity contribution in [3.8, 4) is 0 Å². The number of nitrogens with one attached hydrogen (secondary N) is 2. The van der Waals surface area contributed by atoms with Crippen LogP contribution in [0.2, 0.25) is 0 Å². The molecular weight excluding hydrogens is 408 g/mol. The highest BCUT2D eigenvalue weighted by atomic mass is 35.5. The van der Waals surface area contributed by atoms with Gasteiger partial charge in [0, 0.05) is 0 Å². The zero-order valence-electron chi connectivity index (χ0n) is 15.2. The number of hydrogen-bond acceptors (Lipinski definition) is 5. The summed E-state index contributed by atoms with van der Waals surface area (Å²) in [6.45, 7) is 0.566. The monoisotopic (exact) mass is 424 g/mol. The van der Waals surface area contributed by atoms with Crippen LogP contribution in [-0.2, 0) is 12.3 Å². The summed E-state index contributed by atoms with van der Waals surface area (Å²) < 4.78 is 1.76. The third kappa shape index (κ3) is 3.90. The van der Waals surface area contributed by atoms with E-state index in [4.69, 9.17) is 0 Å². The standard InChI is InChI=1S/C20H16N6OS.ClH/c27-19-14-10-21-26(11-13-6-2-1-3-7-13)18(14)24-17(25-19)12-28-20-22-15-8-4-5-9-16(15)23-20;/h1-10H,11-12H2,(H,22,23)(H,24,25,27);1H. The van der Waals surface area contributed by atoms with E-state index in [-0.39, 0.29) is 18.0 Å². The first-order chi connectivity index (χ1) is 13.8. The predicted octanol–water partition coefficient (Wildman–Crippen LogP) is 3.76. The van der Waals surface area contributed by atoms with E-state index in [2.05, 4.69) is 25.0 Å². The number of halogens is 1. The van der Waals surface area contributed by atoms with E-state index < -0.39 is 0 Å². The molecule has 0 spiro atoms. The number of para-hydroxylation sites is 2. The van der Waals surface area contributed by atoms with Crippen molar-refractivity contribution in [2.45, 2.75) is 17.5 Å². The lowest BCUT2D eigenvalue weighted by atomic mass is 10.2. The first kappa shape index (κ1) is 19.2. The maximum atomic E-state index is 12.4. The molecule has 0 atom stereocenters. The molecule has 0 aliphatic heterocycles. The molecule has 3 aromatic heterocycles. The van der Waals surface area contributed by atoms with E-state index >= 15 is 0 Å². The molecule has 0 radical (unpaired) electrons. The van der Waals surface area contributed by atoms with Gasteiger partial charge in [0.05, 0.1) is 29.5 Å². The summed E-state index contributed by atoms with van der Waals surface area (Å²) in [5.41, 5.74) is 3.43. The summed E-state index contributed by atoms with van der Waals surface area (Å²) in [6, 6.07) is 17.9. The number of aromatic nitrogens is 6. The Kier molecular flexibility index (Phi) is 5.37. The Morgan fingerprint density at radius 2 is 1.76 bits per heavy atom. The molecule has 2 aromatic carbocycles. The van der Waals surface area contributed by atoms with E-state index in [0.29, 0.717) is 29.2 Å². The Labute approximate surface area is 176 Å². The zero-order valence-corrected chi connectivity index (χ0v) is 16.8. The van der Waals surface area contributed by atoms with Crippen LogP contribution >= 0.6 is 24.2 Å². The average Bonchev–Trinajstić information content (AvgIpc) is 3.31. The van der Waals surface area contributed by atoms with Crippen molar-refractivity contribution in [2.75, 3.05) is 0 Å². The van der Waals surface area contributed by atoms with Gasteiger partial charge in [-0.2, -0.15) is 5.10 Å². The molecule has 0 aliphatic carbocycles. The second kappa shape index (κ2) is 8.10. The van der Waals surface area contributed by atoms with Crippen LogP contribution < -0.4 is 5.56 Å². The molecule has 0 saturated heterocycles. The van der Waals surface area contributed by atoms with E-state index in [1.807, 2.05) is 54.6 Å². The summed E-state index contributed by atoms with van der Waals surface area (Å²) in [6.07, 6.45) is 1.57. The fourth-order valence-electron chi connectivity index (χ4n) is 3.09. The average molecular weight is 425 g/mol. The van der Waals surface area contributed by atoms with Gasteiger partial charge < -0.3 is 9.97 Å². The second-order valence-corrected chi connectivity index (χ2v) is 7.35. The highest BCUT2D eigenvalue weighted by molar-refractivity contribution is 7.98. The molecule has 3 heterocycles. The van der Waals surface area contributed by atoms with Crippen LogP contribution in [0.15, 0.2) is 70.7 Å². The third-order valence-electron chi connectivity index (χ3n) is 4.44. The van der Waals surface area contributed by atoms with Crippen LogP contribution in [0.25, 0.3) is 22.1 Å². The lowest BCUT2D eigenvalue weighted by molar-refractivity contribution is 0.702. The Balaban J connectivity index is 0.00000205. The number of thioether (sulfide) groups is 1. The van der Waals surface area contributed by atoms with Crippen LogP contribution in [0, 0.1) is 0 Å². The number of fused-ring (bicyclic) bond motifs is 2. The van der Waals surface area contributed by atoms with Crippen LogP contribution in [0.5, 0.6) is 0 Å². The maximum absolute atomic E-state index is 12.4. The number of benzene rings is 2. The highest BCUT2D eigenvalue weighted by Crippen LogP contribution is 2.22. The van der Waals surface area contributed by atoms with Gasteiger partial charge in [-0.15, -0.1) is 12.4 Å². The number of rotatable bonds is 5. The topological polar surface area (TPSA) is 92.2 Å². The van der Waals surface area contributed by atoms with Crippen molar-refractivity contribution >= 4 is 46.2 Å². The van der Waals surface area contributed by atoms with E-state index in [9.17, 15) is 4.79 Å². The molecule has 0 saturated carbocycles. The molecule has 0 amide bonds. The normalized spacial score (nSPS) is 11.0. The van der Waals surface area contributed by atoms with Gasteiger partial charge in [0.15, 0.2) is 10.8 Å². The molecule has 0 unspecified atom stereocenters. The van der Waals surface area contributed by atoms with Gasteiger partial charge in [-0.3, -0.25) is 4.79 Å². The number of nitrogens with zero attached hydrogens (tertiary/aromatic N) is 4. The lowest BCUT2D eigenvalue weighted by Crippen LogP contribution is -2.12. The van der Waals surface area contributed by atoms with E-state index in [1.165, 1.54) is 11.8 Å². The predicted molar refractivity (Wildman–Crippen MR) is 117 cm³/mol. The number of H-pyrrole nitrogens is 2. The van der Waals surface area contributed by atoms with Gasteiger partial charge in [0.25, 0.3) is 5.56 Å². The summed E-state index contributed by atoms with van der Waals surface area (Å²) in [4.78, 5) is 27.7. The molecule has 29 heavy (non-hydrogen) atoms. The van der Waals surface area contributed by atoms with Gasteiger partial charge in [-0.25, -0.2) is 14.6 Å². The van der Waals surface area contributed by atoms with E-state index in [0.717, 1.165) is 21.8 Å². The van der Waals surface area contributed by atoms with Crippen LogP contribution in [0.1, 0.15) is 11.4 Å². The zero-order chi connectivity index (χ0) is 18.9. The molecule has 7 nitrogen and oxygen atoms in total. The summed E-state index contributed by atoms with van der Waals surface area (Å²) in [5.74, 6) is 1.10. The van der Waals surface area contributed by atoms with Gasteiger partial charge in [0.2, 0.25) is 0 Å². The Hall–Kier alpha value is -3.10. The van der Waals surface area contributed by atoms with Crippen molar-refractivity contribution in [1.82, 2.24) is 29.7 Å². The smallest absolute Gasteiger partial charge is 0.262 e. The van der Waals surface area contributed by atoms with Gasteiger partial charge in [-0.05, 0) is 17.7 Å². The molecule has 5 rings (SSSR count). The lowest BCUT2D eigenvalue weighted by Gasteiger charge is -2.04. The Morgan fingerprint density at radius 3 is 2.59 bits per heavy atom. The third-order valence-corrected chi connectivity index (χ3v) is 5.33. The largest absolute Gasteiger partial charge is 0.333 e. The minimum Gasteiger partial charge on any atom is -0.333 e. The molecule has 9 heteroatoms. The number of aromatic amines is 2. The molecular formula is C20H17ClN6OS. The maximum Gasteiger partial charge on any atom is 0.262 e. The van der Waals surface area contributed by atoms with Crippen LogP contribution in [0.4, 0.5) is 0 Å².